The fourth-order valence-electron chi connectivity index (χ4n) is 2.16. The molecule has 0 atom stereocenters. The summed E-state index contributed by atoms with van der Waals surface area (Å²) < 4.78 is 13.0. The van der Waals surface area contributed by atoms with Gasteiger partial charge in [0.2, 0.25) is 0 Å². The minimum absolute atomic E-state index is 0.208. The summed E-state index contributed by atoms with van der Waals surface area (Å²) in [5.74, 6) is -0.496. The highest BCUT2D eigenvalue weighted by Crippen LogP contribution is 2.25. The molecular formula is C18H16FN3OS. The van der Waals surface area contributed by atoms with E-state index in [2.05, 4.69) is 10.3 Å². The Balaban J connectivity index is 1.72. The minimum Gasteiger partial charge on any atom is -0.378 e. The van der Waals surface area contributed by atoms with Crippen LogP contribution in [0.4, 0.5) is 15.2 Å². The van der Waals surface area contributed by atoms with Crippen molar-refractivity contribution in [3.8, 4) is 11.3 Å². The van der Waals surface area contributed by atoms with E-state index in [0.29, 0.717) is 16.4 Å². The van der Waals surface area contributed by atoms with E-state index in [1.165, 1.54) is 23.5 Å². The lowest BCUT2D eigenvalue weighted by atomic mass is 10.2. The van der Waals surface area contributed by atoms with Crippen molar-refractivity contribution in [2.75, 3.05) is 24.3 Å². The summed E-state index contributed by atoms with van der Waals surface area (Å²) in [4.78, 5) is 18.6. The van der Waals surface area contributed by atoms with Gasteiger partial charge in [0.05, 0.1) is 5.69 Å². The summed E-state index contributed by atoms with van der Waals surface area (Å²) in [5.41, 5.74) is 3.11. The van der Waals surface area contributed by atoms with Gasteiger partial charge in [0.1, 0.15) is 5.82 Å². The fourth-order valence-corrected chi connectivity index (χ4v) is 2.88. The topological polar surface area (TPSA) is 45.2 Å². The number of amides is 1. The molecule has 0 bridgehead atoms. The predicted molar refractivity (Wildman–Crippen MR) is 96.2 cm³/mol. The van der Waals surface area contributed by atoms with Crippen LogP contribution in [0, 0.1) is 5.82 Å². The number of benzene rings is 2. The van der Waals surface area contributed by atoms with Gasteiger partial charge in [0.15, 0.2) is 5.13 Å². The van der Waals surface area contributed by atoms with E-state index in [-0.39, 0.29) is 11.7 Å². The van der Waals surface area contributed by atoms with Crippen LogP contribution < -0.4 is 10.2 Å². The zero-order valence-electron chi connectivity index (χ0n) is 13.3. The number of hydrogen-bond acceptors (Lipinski definition) is 4. The van der Waals surface area contributed by atoms with Crippen molar-refractivity contribution in [2.24, 2.45) is 0 Å². The maximum absolute atomic E-state index is 13.0. The molecule has 0 spiro atoms. The van der Waals surface area contributed by atoms with Gasteiger partial charge >= 0.3 is 0 Å². The van der Waals surface area contributed by atoms with Gasteiger partial charge in [-0.15, -0.1) is 11.3 Å². The summed E-state index contributed by atoms with van der Waals surface area (Å²) >= 11 is 1.33. The van der Waals surface area contributed by atoms with Crippen molar-refractivity contribution in [1.82, 2.24) is 4.98 Å². The Labute approximate surface area is 143 Å². The van der Waals surface area contributed by atoms with E-state index in [0.717, 1.165) is 11.3 Å². The molecule has 0 saturated carbocycles. The van der Waals surface area contributed by atoms with E-state index < -0.39 is 0 Å². The van der Waals surface area contributed by atoms with Gasteiger partial charge in [0.25, 0.3) is 5.91 Å². The number of nitrogens with one attached hydrogen (secondary N) is 1. The average Bonchev–Trinajstić information content (AvgIpc) is 3.04. The minimum atomic E-state index is -0.288. The Kier molecular flexibility index (Phi) is 4.57. The molecule has 0 unspecified atom stereocenters. The quantitative estimate of drug-likeness (QED) is 0.771. The van der Waals surface area contributed by atoms with Gasteiger partial charge in [-0.3, -0.25) is 10.1 Å². The Morgan fingerprint density at radius 1 is 1.08 bits per heavy atom. The molecule has 4 nitrogen and oxygen atoms in total. The number of hydrogen-bond donors (Lipinski definition) is 1. The molecule has 0 saturated heterocycles. The molecule has 1 N–H and O–H groups in total. The van der Waals surface area contributed by atoms with Crippen molar-refractivity contribution < 1.29 is 9.18 Å². The predicted octanol–water partition coefficient (Wildman–Crippen LogP) is 4.27. The summed E-state index contributed by atoms with van der Waals surface area (Å²) in [7, 11) is 3.89. The van der Waals surface area contributed by atoms with E-state index >= 15 is 0 Å². The van der Waals surface area contributed by atoms with Crippen LogP contribution in [-0.2, 0) is 0 Å². The van der Waals surface area contributed by atoms with E-state index in [9.17, 15) is 9.18 Å². The standard InChI is InChI=1S/C18H16FN3OS/c1-22(2)15-9-5-13(6-10-15)17(23)21-18-20-16(11-24-18)12-3-7-14(19)8-4-12/h3-11H,1-2H3,(H,20,21,23). The Bertz CT molecular complexity index is 841. The van der Waals surface area contributed by atoms with Crippen molar-refractivity contribution in [3.63, 3.8) is 0 Å². The van der Waals surface area contributed by atoms with E-state index in [1.807, 2.05) is 36.5 Å². The molecule has 0 aliphatic heterocycles. The third kappa shape index (κ3) is 3.60. The normalized spacial score (nSPS) is 10.5. The molecule has 1 amide bonds. The zero-order valence-corrected chi connectivity index (χ0v) is 14.1. The smallest absolute Gasteiger partial charge is 0.257 e. The van der Waals surface area contributed by atoms with Gasteiger partial charge < -0.3 is 4.90 Å². The van der Waals surface area contributed by atoms with E-state index in [4.69, 9.17) is 0 Å². The van der Waals surface area contributed by atoms with Gasteiger partial charge in [-0.05, 0) is 48.5 Å². The molecule has 0 fully saturated rings. The number of thiazole rings is 1. The lowest BCUT2D eigenvalue weighted by Crippen LogP contribution is -2.13. The lowest BCUT2D eigenvalue weighted by Gasteiger charge is -2.12. The molecule has 3 rings (SSSR count). The molecule has 2 aromatic carbocycles. The summed E-state index contributed by atoms with van der Waals surface area (Å²) in [6, 6.07) is 13.4. The molecule has 1 heterocycles. The number of anilines is 2. The summed E-state index contributed by atoms with van der Waals surface area (Å²) in [6.07, 6.45) is 0. The SMILES string of the molecule is CN(C)c1ccc(C(=O)Nc2nc(-c3ccc(F)cc3)cs2)cc1. The molecular weight excluding hydrogens is 325 g/mol. The Morgan fingerprint density at radius 3 is 2.38 bits per heavy atom. The summed E-state index contributed by atoms with van der Waals surface area (Å²) in [5, 5.41) is 5.13. The molecule has 1 aromatic heterocycles. The largest absolute Gasteiger partial charge is 0.378 e. The maximum atomic E-state index is 13.0. The van der Waals surface area contributed by atoms with Crippen LogP contribution in [0.25, 0.3) is 11.3 Å². The van der Waals surface area contributed by atoms with Crippen molar-refractivity contribution in [2.45, 2.75) is 0 Å². The van der Waals surface area contributed by atoms with Gasteiger partial charge in [0, 0.05) is 36.3 Å². The second-order valence-electron chi connectivity index (χ2n) is 5.44. The van der Waals surface area contributed by atoms with Crippen LogP contribution in [0.15, 0.2) is 53.9 Å². The number of nitrogens with zero attached hydrogens (tertiary/aromatic N) is 2. The third-order valence-corrected chi connectivity index (χ3v) is 4.27. The molecule has 0 aliphatic carbocycles. The molecule has 0 radical (unpaired) electrons. The third-order valence-electron chi connectivity index (χ3n) is 3.51. The van der Waals surface area contributed by atoms with Gasteiger partial charge in [-0.1, -0.05) is 0 Å². The monoisotopic (exact) mass is 341 g/mol. The van der Waals surface area contributed by atoms with Gasteiger partial charge in [-0.25, -0.2) is 9.37 Å². The van der Waals surface area contributed by atoms with Crippen LogP contribution in [0.2, 0.25) is 0 Å². The van der Waals surface area contributed by atoms with Crippen LogP contribution in [0.5, 0.6) is 0 Å². The average molecular weight is 341 g/mol. The highest BCUT2D eigenvalue weighted by Gasteiger charge is 2.10. The summed E-state index contributed by atoms with van der Waals surface area (Å²) in [6.45, 7) is 0. The number of aromatic nitrogens is 1. The van der Waals surface area contributed by atoms with Crippen LogP contribution in [-0.4, -0.2) is 25.0 Å². The second-order valence-corrected chi connectivity index (χ2v) is 6.30. The van der Waals surface area contributed by atoms with Crippen LogP contribution in [0.3, 0.4) is 0 Å². The Hall–Kier alpha value is -2.73. The fraction of sp³-hybridized carbons (Fsp3) is 0.111. The first-order valence-electron chi connectivity index (χ1n) is 7.33. The molecule has 3 aromatic rings. The van der Waals surface area contributed by atoms with Gasteiger partial charge in [-0.2, -0.15) is 0 Å². The maximum Gasteiger partial charge on any atom is 0.257 e. The van der Waals surface area contributed by atoms with Crippen molar-refractivity contribution in [1.29, 1.82) is 0 Å². The molecule has 122 valence electrons. The number of halogens is 1. The zero-order chi connectivity index (χ0) is 17.1. The second kappa shape index (κ2) is 6.80. The molecule has 0 aliphatic rings. The molecule has 24 heavy (non-hydrogen) atoms. The first kappa shape index (κ1) is 16.1. The number of rotatable bonds is 4. The van der Waals surface area contributed by atoms with Crippen molar-refractivity contribution in [3.05, 3.63) is 65.3 Å². The van der Waals surface area contributed by atoms with E-state index in [1.54, 1.807) is 24.3 Å². The highest BCUT2D eigenvalue weighted by atomic mass is 32.1. The van der Waals surface area contributed by atoms with Crippen LogP contribution in [0.1, 0.15) is 10.4 Å². The highest BCUT2D eigenvalue weighted by molar-refractivity contribution is 7.14. The lowest BCUT2D eigenvalue weighted by molar-refractivity contribution is 0.102. The number of carbonyl (C=O) groups is 1. The number of carbonyl (C=O) groups excluding carboxylic acids is 1. The van der Waals surface area contributed by atoms with Crippen molar-refractivity contribution >= 4 is 28.1 Å². The molecule has 6 heteroatoms. The Morgan fingerprint density at radius 2 is 1.75 bits per heavy atom. The first-order valence-corrected chi connectivity index (χ1v) is 8.21. The first-order chi connectivity index (χ1) is 11.5. The van der Waals surface area contributed by atoms with Crippen LogP contribution >= 0.6 is 11.3 Å².